The van der Waals surface area contributed by atoms with Crippen molar-refractivity contribution in [1.82, 2.24) is 0 Å². The molecule has 2 heteroatoms. The summed E-state index contributed by atoms with van der Waals surface area (Å²) in [7, 11) is 6.45. The average molecular weight is 280 g/mol. The van der Waals surface area contributed by atoms with Crippen LogP contribution in [-0.4, -0.2) is 27.7 Å². The van der Waals surface area contributed by atoms with Crippen molar-refractivity contribution in [2.75, 3.05) is 37.5 Å². The number of benzene rings is 2. The molecule has 0 N–H and O–H groups in total. The van der Waals surface area contributed by atoms with Crippen molar-refractivity contribution >= 4 is 11.4 Å². The van der Waals surface area contributed by atoms with E-state index in [4.69, 9.17) is 0 Å². The molecule has 1 atom stereocenters. The van der Waals surface area contributed by atoms with Gasteiger partial charge in [-0.25, -0.2) is 0 Å². The second kappa shape index (κ2) is 5.80. The molecular formula is C19H24N2. The first-order valence-electron chi connectivity index (χ1n) is 7.72. The third-order valence-corrected chi connectivity index (χ3v) is 4.52. The molecule has 0 spiro atoms. The van der Waals surface area contributed by atoms with Gasteiger partial charge in [-0.15, -0.1) is 0 Å². The Hall–Kier alpha value is -1.96. The summed E-state index contributed by atoms with van der Waals surface area (Å²) in [6.07, 6.45) is 2.35. The summed E-state index contributed by atoms with van der Waals surface area (Å²) >= 11 is 0. The standard InChI is InChI=1S/C19H24N2/c1-20(2)18-10-6-4-8-15(18)12-13-16-14-21(3)19-11-7-5-9-17(16)19/h4-11,16H,12-14H2,1-3H3. The summed E-state index contributed by atoms with van der Waals surface area (Å²) in [6, 6.07) is 17.6. The molecule has 3 rings (SSSR count). The molecule has 0 saturated carbocycles. The summed E-state index contributed by atoms with van der Waals surface area (Å²) < 4.78 is 0. The fourth-order valence-corrected chi connectivity index (χ4v) is 3.44. The van der Waals surface area contributed by atoms with Crippen molar-refractivity contribution < 1.29 is 0 Å². The van der Waals surface area contributed by atoms with E-state index in [1.807, 2.05) is 0 Å². The number of hydrogen-bond acceptors (Lipinski definition) is 2. The molecule has 1 aliphatic heterocycles. The Morgan fingerprint density at radius 1 is 1.05 bits per heavy atom. The molecule has 1 unspecified atom stereocenters. The van der Waals surface area contributed by atoms with Crippen LogP contribution < -0.4 is 9.80 Å². The van der Waals surface area contributed by atoms with Crippen LogP contribution in [0.1, 0.15) is 23.5 Å². The lowest BCUT2D eigenvalue weighted by Gasteiger charge is -2.19. The summed E-state index contributed by atoms with van der Waals surface area (Å²) in [5.41, 5.74) is 5.72. The van der Waals surface area contributed by atoms with Gasteiger partial charge in [0.15, 0.2) is 0 Å². The van der Waals surface area contributed by atoms with Crippen LogP contribution in [-0.2, 0) is 6.42 Å². The van der Waals surface area contributed by atoms with E-state index in [1.54, 1.807) is 0 Å². The van der Waals surface area contributed by atoms with Gasteiger partial charge in [0.1, 0.15) is 0 Å². The van der Waals surface area contributed by atoms with E-state index >= 15 is 0 Å². The second-order valence-electron chi connectivity index (χ2n) is 6.20. The van der Waals surface area contributed by atoms with Crippen LogP contribution in [0.5, 0.6) is 0 Å². The lowest BCUT2D eigenvalue weighted by Crippen LogP contribution is -2.16. The van der Waals surface area contributed by atoms with E-state index < -0.39 is 0 Å². The minimum Gasteiger partial charge on any atom is -0.377 e. The highest BCUT2D eigenvalue weighted by atomic mass is 15.1. The lowest BCUT2D eigenvalue weighted by atomic mass is 9.93. The van der Waals surface area contributed by atoms with Gasteiger partial charge in [0.05, 0.1) is 0 Å². The fourth-order valence-electron chi connectivity index (χ4n) is 3.44. The Labute approximate surface area is 128 Å². The summed E-state index contributed by atoms with van der Waals surface area (Å²) in [5, 5.41) is 0. The van der Waals surface area contributed by atoms with Crippen molar-refractivity contribution in [3.8, 4) is 0 Å². The van der Waals surface area contributed by atoms with Gasteiger partial charge in [0, 0.05) is 45.0 Å². The molecular weight excluding hydrogens is 256 g/mol. The van der Waals surface area contributed by atoms with Gasteiger partial charge in [-0.1, -0.05) is 36.4 Å². The Morgan fingerprint density at radius 3 is 2.57 bits per heavy atom. The van der Waals surface area contributed by atoms with Crippen LogP contribution in [0.4, 0.5) is 11.4 Å². The number of nitrogens with zero attached hydrogens (tertiary/aromatic N) is 2. The Balaban J connectivity index is 1.75. The molecule has 1 heterocycles. The van der Waals surface area contributed by atoms with Gasteiger partial charge in [-0.2, -0.15) is 0 Å². The number of anilines is 2. The van der Waals surface area contributed by atoms with Gasteiger partial charge in [-0.3, -0.25) is 0 Å². The highest BCUT2D eigenvalue weighted by molar-refractivity contribution is 5.59. The maximum absolute atomic E-state index is 2.39. The highest BCUT2D eigenvalue weighted by Crippen LogP contribution is 2.37. The first-order valence-corrected chi connectivity index (χ1v) is 7.72. The predicted molar refractivity (Wildman–Crippen MR) is 91.5 cm³/mol. The quantitative estimate of drug-likeness (QED) is 0.837. The van der Waals surface area contributed by atoms with Crippen LogP contribution in [0.25, 0.3) is 0 Å². The van der Waals surface area contributed by atoms with Crippen molar-refractivity contribution in [2.45, 2.75) is 18.8 Å². The predicted octanol–water partition coefficient (Wildman–Crippen LogP) is 3.92. The Kier molecular flexibility index (Phi) is 3.87. The molecule has 0 aliphatic carbocycles. The molecule has 21 heavy (non-hydrogen) atoms. The summed E-state index contributed by atoms with van der Waals surface area (Å²) in [6.45, 7) is 1.14. The van der Waals surface area contributed by atoms with Gasteiger partial charge in [0.25, 0.3) is 0 Å². The van der Waals surface area contributed by atoms with Gasteiger partial charge >= 0.3 is 0 Å². The van der Waals surface area contributed by atoms with Crippen LogP contribution in [0.3, 0.4) is 0 Å². The molecule has 2 aromatic rings. The highest BCUT2D eigenvalue weighted by Gasteiger charge is 2.25. The number of para-hydroxylation sites is 2. The molecule has 2 aromatic carbocycles. The van der Waals surface area contributed by atoms with E-state index in [1.165, 1.54) is 28.9 Å². The number of hydrogen-bond donors (Lipinski definition) is 0. The molecule has 0 bridgehead atoms. The van der Waals surface area contributed by atoms with Crippen LogP contribution in [0, 0.1) is 0 Å². The zero-order valence-corrected chi connectivity index (χ0v) is 13.2. The zero-order valence-electron chi connectivity index (χ0n) is 13.2. The Morgan fingerprint density at radius 2 is 1.76 bits per heavy atom. The first kappa shape index (κ1) is 14.0. The Bertz CT molecular complexity index is 618. The normalized spacial score (nSPS) is 16.9. The number of fused-ring (bicyclic) bond motifs is 1. The van der Waals surface area contributed by atoms with Crippen LogP contribution >= 0.6 is 0 Å². The maximum atomic E-state index is 2.39. The minimum atomic E-state index is 0.654. The molecule has 1 aliphatic rings. The maximum Gasteiger partial charge on any atom is 0.0399 e. The number of aryl methyl sites for hydroxylation is 1. The fraction of sp³-hybridized carbons (Fsp3) is 0.368. The molecule has 0 radical (unpaired) electrons. The van der Waals surface area contributed by atoms with E-state index in [-0.39, 0.29) is 0 Å². The molecule has 0 fully saturated rings. The average Bonchev–Trinajstić information content (AvgIpc) is 2.82. The number of likely N-dealkylation sites (N-methyl/N-ethyl adjacent to an activating group) is 1. The molecule has 110 valence electrons. The minimum absolute atomic E-state index is 0.654. The topological polar surface area (TPSA) is 6.48 Å². The van der Waals surface area contributed by atoms with Crippen molar-refractivity contribution in [2.24, 2.45) is 0 Å². The third kappa shape index (κ3) is 2.76. The molecule has 2 nitrogen and oxygen atoms in total. The van der Waals surface area contributed by atoms with Gasteiger partial charge < -0.3 is 9.80 Å². The van der Waals surface area contributed by atoms with Crippen LogP contribution in [0.15, 0.2) is 48.5 Å². The monoisotopic (exact) mass is 280 g/mol. The lowest BCUT2D eigenvalue weighted by molar-refractivity contribution is 0.652. The second-order valence-corrected chi connectivity index (χ2v) is 6.20. The smallest absolute Gasteiger partial charge is 0.0399 e. The van der Waals surface area contributed by atoms with Crippen LogP contribution in [0.2, 0.25) is 0 Å². The van der Waals surface area contributed by atoms with E-state index in [0.29, 0.717) is 5.92 Å². The van der Waals surface area contributed by atoms with Crippen molar-refractivity contribution in [3.05, 3.63) is 59.7 Å². The zero-order chi connectivity index (χ0) is 14.8. The summed E-state index contributed by atoms with van der Waals surface area (Å²) in [4.78, 5) is 4.60. The van der Waals surface area contributed by atoms with Gasteiger partial charge in [0.2, 0.25) is 0 Å². The number of rotatable bonds is 4. The molecule has 0 saturated heterocycles. The first-order chi connectivity index (χ1) is 10.2. The SMILES string of the molecule is CN(C)c1ccccc1CCC1CN(C)c2ccccc21. The van der Waals surface area contributed by atoms with E-state index in [2.05, 4.69) is 79.5 Å². The molecule has 0 aromatic heterocycles. The van der Waals surface area contributed by atoms with Gasteiger partial charge in [-0.05, 0) is 36.1 Å². The van der Waals surface area contributed by atoms with E-state index in [9.17, 15) is 0 Å². The largest absolute Gasteiger partial charge is 0.377 e. The third-order valence-electron chi connectivity index (χ3n) is 4.52. The van der Waals surface area contributed by atoms with Crippen molar-refractivity contribution in [1.29, 1.82) is 0 Å². The van der Waals surface area contributed by atoms with Crippen molar-refractivity contribution in [3.63, 3.8) is 0 Å². The summed E-state index contributed by atoms with van der Waals surface area (Å²) in [5.74, 6) is 0.654. The van der Waals surface area contributed by atoms with E-state index in [0.717, 1.165) is 13.0 Å². The molecule has 0 amide bonds.